The quantitative estimate of drug-likeness (QED) is 0.884. The standard InChI is InChI=1S/C19H24N4O3/c24-17(20-15-7-2-1-3-8-15)16-13-19(26-21-16)9-6-12-23(14-19)18(25)22-10-4-5-11-22/h1-3,7-8H,4-6,9-14H2,(H,20,24)/t19-/m0/s1. The topological polar surface area (TPSA) is 74.2 Å². The maximum Gasteiger partial charge on any atom is 0.320 e. The third-order valence-corrected chi connectivity index (χ3v) is 5.32. The van der Waals surface area contributed by atoms with E-state index >= 15 is 0 Å². The Balaban J connectivity index is 1.38. The summed E-state index contributed by atoms with van der Waals surface area (Å²) in [5.74, 6) is -0.240. The predicted octanol–water partition coefficient (Wildman–Crippen LogP) is 2.45. The van der Waals surface area contributed by atoms with Crippen LogP contribution in [0.4, 0.5) is 10.5 Å². The lowest BCUT2D eigenvalue weighted by molar-refractivity contribution is -0.110. The fraction of sp³-hybridized carbons (Fsp3) is 0.526. The van der Waals surface area contributed by atoms with E-state index in [9.17, 15) is 9.59 Å². The molecule has 2 fully saturated rings. The zero-order chi connectivity index (χ0) is 18.0. The van der Waals surface area contributed by atoms with Crippen LogP contribution in [0.2, 0.25) is 0 Å². The van der Waals surface area contributed by atoms with Crippen molar-refractivity contribution >= 4 is 23.3 Å². The zero-order valence-electron chi connectivity index (χ0n) is 14.8. The van der Waals surface area contributed by atoms with Crippen LogP contribution in [-0.4, -0.2) is 59.2 Å². The molecule has 1 aromatic carbocycles. The molecule has 3 amide bonds. The molecule has 3 heterocycles. The molecule has 0 unspecified atom stereocenters. The number of nitrogens with zero attached hydrogens (tertiary/aromatic N) is 3. The summed E-state index contributed by atoms with van der Waals surface area (Å²) in [6, 6.07) is 9.39. The molecule has 1 atom stereocenters. The van der Waals surface area contributed by atoms with Gasteiger partial charge in [0.05, 0.1) is 6.54 Å². The monoisotopic (exact) mass is 356 g/mol. The van der Waals surface area contributed by atoms with Crippen LogP contribution >= 0.6 is 0 Å². The molecule has 0 saturated carbocycles. The van der Waals surface area contributed by atoms with E-state index in [1.807, 2.05) is 40.1 Å². The van der Waals surface area contributed by atoms with Crippen LogP contribution in [0.15, 0.2) is 35.5 Å². The molecule has 4 rings (SSSR count). The van der Waals surface area contributed by atoms with Gasteiger partial charge in [-0.15, -0.1) is 0 Å². The number of urea groups is 1. The second-order valence-corrected chi connectivity index (χ2v) is 7.31. The highest BCUT2D eigenvalue weighted by atomic mass is 16.7. The highest BCUT2D eigenvalue weighted by molar-refractivity contribution is 6.43. The minimum absolute atomic E-state index is 0.0902. The maximum atomic E-state index is 12.7. The van der Waals surface area contributed by atoms with Gasteiger partial charge in [-0.1, -0.05) is 23.4 Å². The Morgan fingerprint density at radius 1 is 1.04 bits per heavy atom. The molecule has 3 aliphatic rings. The first kappa shape index (κ1) is 16.9. The minimum atomic E-state index is -0.559. The average Bonchev–Trinajstić information content (AvgIpc) is 3.33. The van der Waals surface area contributed by atoms with Gasteiger partial charge in [0.25, 0.3) is 5.91 Å². The Bertz CT molecular complexity index is 715. The van der Waals surface area contributed by atoms with E-state index in [0.717, 1.165) is 51.0 Å². The summed E-state index contributed by atoms with van der Waals surface area (Å²) in [6.45, 7) is 2.91. The molecule has 2 saturated heterocycles. The highest BCUT2D eigenvalue weighted by Gasteiger charge is 2.46. The van der Waals surface area contributed by atoms with Gasteiger partial charge in [0.2, 0.25) is 0 Å². The lowest BCUT2D eigenvalue weighted by Crippen LogP contribution is -2.53. The number of oxime groups is 1. The molecule has 0 bridgehead atoms. The number of carbonyl (C=O) groups excluding carboxylic acids is 2. The lowest BCUT2D eigenvalue weighted by atomic mass is 9.88. The van der Waals surface area contributed by atoms with Crippen LogP contribution < -0.4 is 5.32 Å². The molecule has 0 aliphatic carbocycles. The number of likely N-dealkylation sites (tertiary alicyclic amines) is 2. The Kier molecular flexibility index (Phi) is 4.53. The normalized spacial score (nSPS) is 25.2. The van der Waals surface area contributed by atoms with Crippen LogP contribution in [0.1, 0.15) is 32.1 Å². The van der Waals surface area contributed by atoms with Crippen molar-refractivity contribution in [2.45, 2.75) is 37.7 Å². The lowest BCUT2D eigenvalue weighted by Gasteiger charge is -2.39. The first-order valence-corrected chi connectivity index (χ1v) is 9.31. The Morgan fingerprint density at radius 2 is 1.77 bits per heavy atom. The minimum Gasteiger partial charge on any atom is -0.386 e. The van der Waals surface area contributed by atoms with Gasteiger partial charge < -0.3 is 20.0 Å². The van der Waals surface area contributed by atoms with Crippen LogP contribution in [0.25, 0.3) is 0 Å². The van der Waals surface area contributed by atoms with Crippen molar-refractivity contribution in [1.29, 1.82) is 0 Å². The van der Waals surface area contributed by atoms with Crippen LogP contribution in [0, 0.1) is 0 Å². The summed E-state index contributed by atoms with van der Waals surface area (Å²) in [6.07, 6.45) is 4.27. The molecule has 1 spiro atoms. The predicted molar refractivity (Wildman–Crippen MR) is 97.9 cm³/mol. The van der Waals surface area contributed by atoms with Gasteiger partial charge in [-0.05, 0) is 37.8 Å². The first-order chi connectivity index (χ1) is 12.7. The van der Waals surface area contributed by atoms with E-state index in [4.69, 9.17) is 4.84 Å². The molecule has 7 nitrogen and oxygen atoms in total. The summed E-state index contributed by atoms with van der Waals surface area (Å²) in [7, 11) is 0. The first-order valence-electron chi connectivity index (χ1n) is 9.31. The molecular weight excluding hydrogens is 332 g/mol. The summed E-state index contributed by atoms with van der Waals surface area (Å²) in [5, 5.41) is 6.90. The number of benzene rings is 1. The average molecular weight is 356 g/mol. The van der Waals surface area contributed by atoms with E-state index in [1.165, 1.54) is 0 Å². The van der Waals surface area contributed by atoms with Gasteiger partial charge in [-0.3, -0.25) is 4.79 Å². The van der Waals surface area contributed by atoms with Gasteiger partial charge in [-0.25, -0.2) is 4.79 Å². The number of anilines is 1. The third kappa shape index (κ3) is 3.38. The number of para-hydroxylation sites is 1. The van der Waals surface area contributed by atoms with Crippen molar-refractivity contribution < 1.29 is 14.4 Å². The second-order valence-electron chi connectivity index (χ2n) is 7.31. The summed E-state index contributed by atoms with van der Waals surface area (Å²) >= 11 is 0. The van der Waals surface area contributed by atoms with Crippen LogP contribution in [-0.2, 0) is 9.63 Å². The molecule has 138 valence electrons. The summed E-state index contributed by atoms with van der Waals surface area (Å²) in [5.41, 5.74) is 0.566. The van der Waals surface area contributed by atoms with Crippen LogP contribution in [0.5, 0.6) is 0 Å². The molecule has 26 heavy (non-hydrogen) atoms. The Labute approximate surface area is 153 Å². The van der Waals surface area contributed by atoms with E-state index in [1.54, 1.807) is 0 Å². The fourth-order valence-corrected chi connectivity index (χ4v) is 3.96. The fourth-order valence-electron chi connectivity index (χ4n) is 3.96. The van der Waals surface area contributed by atoms with Gasteiger partial charge in [0.15, 0.2) is 5.60 Å². The van der Waals surface area contributed by atoms with Crippen molar-refractivity contribution in [2.75, 3.05) is 31.5 Å². The van der Waals surface area contributed by atoms with E-state index < -0.39 is 5.60 Å². The number of rotatable bonds is 2. The van der Waals surface area contributed by atoms with Crippen molar-refractivity contribution in [1.82, 2.24) is 9.80 Å². The van der Waals surface area contributed by atoms with Gasteiger partial charge in [0, 0.05) is 31.7 Å². The van der Waals surface area contributed by atoms with Gasteiger partial charge >= 0.3 is 6.03 Å². The zero-order valence-corrected chi connectivity index (χ0v) is 14.8. The number of hydrogen-bond acceptors (Lipinski definition) is 4. The molecule has 1 N–H and O–H groups in total. The maximum absolute atomic E-state index is 12.7. The van der Waals surface area contributed by atoms with E-state index in [-0.39, 0.29) is 11.9 Å². The molecule has 0 aromatic heterocycles. The Hall–Kier alpha value is -2.57. The van der Waals surface area contributed by atoms with Crippen molar-refractivity contribution in [3.63, 3.8) is 0 Å². The smallest absolute Gasteiger partial charge is 0.320 e. The largest absolute Gasteiger partial charge is 0.386 e. The number of piperidine rings is 1. The highest BCUT2D eigenvalue weighted by Crippen LogP contribution is 2.34. The van der Waals surface area contributed by atoms with Crippen molar-refractivity contribution in [3.8, 4) is 0 Å². The number of hydrogen-bond donors (Lipinski definition) is 1. The third-order valence-electron chi connectivity index (χ3n) is 5.32. The number of carbonyl (C=O) groups is 2. The van der Waals surface area contributed by atoms with Gasteiger partial charge in [0.1, 0.15) is 5.71 Å². The van der Waals surface area contributed by atoms with Crippen molar-refractivity contribution in [2.24, 2.45) is 5.16 Å². The van der Waals surface area contributed by atoms with Crippen molar-refractivity contribution in [3.05, 3.63) is 30.3 Å². The molecule has 3 aliphatic heterocycles. The second kappa shape index (κ2) is 6.97. The van der Waals surface area contributed by atoms with Crippen LogP contribution in [0.3, 0.4) is 0 Å². The molecule has 7 heteroatoms. The summed E-state index contributed by atoms with van der Waals surface area (Å²) < 4.78 is 0. The molecular formula is C19H24N4O3. The Morgan fingerprint density at radius 3 is 2.54 bits per heavy atom. The number of nitrogens with one attached hydrogen (secondary N) is 1. The van der Waals surface area contributed by atoms with Gasteiger partial charge in [-0.2, -0.15) is 0 Å². The summed E-state index contributed by atoms with van der Waals surface area (Å²) in [4.78, 5) is 34.6. The number of amides is 3. The SMILES string of the molecule is O=C(Nc1ccccc1)C1=NO[C@@]2(CCCN(C(=O)N3CCCC3)C2)C1. The molecule has 1 aromatic rings. The van der Waals surface area contributed by atoms with E-state index in [0.29, 0.717) is 18.7 Å². The van der Waals surface area contributed by atoms with E-state index in [2.05, 4.69) is 10.5 Å². The molecule has 0 radical (unpaired) electrons.